The van der Waals surface area contributed by atoms with Crippen LogP contribution in [0.5, 0.6) is 11.5 Å². The highest BCUT2D eigenvalue weighted by Crippen LogP contribution is 2.32. The molecule has 1 aromatic rings. The van der Waals surface area contributed by atoms with E-state index in [0.29, 0.717) is 29.0 Å². The average molecular weight is 277 g/mol. The van der Waals surface area contributed by atoms with Gasteiger partial charge in [0.2, 0.25) is 0 Å². The van der Waals surface area contributed by atoms with Gasteiger partial charge in [-0.05, 0) is 30.9 Å². The standard InChI is InChI=1S/C16H23NO3/c1-11(2)10-17(12-5-6-12)16(18)14-8-7-13(19-3)9-15(14)20-4/h7-9,11-12H,5-6,10H2,1-4H3. The highest BCUT2D eigenvalue weighted by Gasteiger charge is 2.34. The minimum absolute atomic E-state index is 0.0562. The van der Waals surface area contributed by atoms with Gasteiger partial charge >= 0.3 is 0 Å². The zero-order chi connectivity index (χ0) is 14.7. The van der Waals surface area contributed by atoms with Crippen LogP contribution in [0.1, 0.15) is 37.0 Å². The topological polar surface area (TPSA) is 38.8 Å². The van der Waals surface area contributed by atoms with E-state index in [-0.39, 0.29) is 5.91 Å². The van der Waals surface area contributed by atoms with Crippen molar-refractivity contribution in [1.82, 2.24) is 4.90 Å². The van der Waals surface area contributed by atoms with Crippen LogP contribution in [-0.4, -0.2) is 37.6 Å². The zero-order valence-corrected chi connectivity index (χ0v) is 12.7. The summed E-state index contributed by atoms with van der Waals surface area (Å²) in [6, 6.07) is 5.75. The van der Waals surface area contributed by atoms with Gasteiger partial charge in [0, 0.05) is 18.7 Å². The van der Waals surface area contributed by atoms with Gasteiger partial charge in [0.15, 0.2) is 0 Å². The third-order valence-electron chi connectivity index (χ3n) is 3.45. The van der Waals surface area contributed by atoms with Crippen molar-refractivity contribution >= 4 is 5.91 Å². The predicted molar refractivity (Wildman–Crippen MR) is 78.4 cm³/mol. The molecule has 0 aliphatic heterocycles. The van der Waals surface area contributed by atoms with Gasteiger partial charge in [-0.15, -0.1) is 0 Å². The number of rotatable bonds is 6. The first kappa shape index (κ1) is 14.7. The Balaban J connectivity index is 2.26. The van der Waals surface area contributed by atoms with Crippen molar-refractivity contribution in [1.29, 1.82) is 0 Å². The van der Waals surface area contributed by atoms with E-state index in [1.165, 1.54) is 0 Å². The average Bonchev–Trinajstić information content (AvgIpc) is 3.27. The number of carbonyl (C=O) groups excluding carboxylic acids is 1. The molecule has 20 heavy (non-hydrogen) atoms. The summed E-state index contributed by atoms with van der Waals surface area (Å²) in [5.74, 6) is 1.79. The Bertz CT molecular complexity index is 481. The number of benzene rings is 1. The van der Waals surface area contributed by atoms with Crippen molar-refractivity contribution in [3.63, 3.8) is 0 Å². The maximum absolute atomic E-state index is 12.7. The van der Waals surface area contributed by atoms with Crippen LogP contribution in [-0.2, 0) is 0 Å². The molecule has 0 aromatic heterocycles. The fourth-order valence-corrected chi connectivity index (χ4v) is 2.31. The second-order valence-electron chi connectivity index (χ2n) is 5.65. The van der Waals surface area contributed by atoms with Crippen molar-refractivity contribution < 1.29 is 14.3 Å². The normalized spacial score (nSPS) is 14.2. The highest BCUT2D eigenvalue weighted by atomic mass is 16.5. The molecule has 0 spiro atoms. The second kappa shape index (κ2) is 6.16. The molecule has 1 aromatic carbocycles. The molecule has 1 aliphatic carbocycles. The lowest BCUT2D eigenvalue weighted by atomic mass is 10.1. The number of methoxy groups -OCH3 is 2. The molecule has 0 radical (unpaired) electrons. The molecule has 0 unspecified atom stereocenters. The van der Waals surface area contributed by atoms with E-state index < -0.39 is 0 Å². The van der Waals surface area contributed by atoms with Gasteiger partial charge in [-0.3, -0.25) is 4.79 Å². The van der Waals surface area contributed by atoms with Crippen molar-refractivity contribution in [3.8, 4) is 11.5 Å². The number of hydrogen-bond acceptors (Lipinski definition) is 3. The second-order valence-corrected chi connectivity index (χ2v) is 5.65. The van der Waals surface area contributed by atoms with E-state index in [4.69, 9.17) is 9.47 Å². The first-order valence-corrected chi connectivity index (χ1v) is 7.09. The summed E-state index contributed by atoms with van der Waals surface area (Å²) in [5.41, 5.74) is 0.612. The van der Waals surface area contributed by atoms with Crippen molar-refractivity contribution in [2.75, 3.05) is 20.8 Å². The van der Waals surface area contributed by atoms with Gasteiger partial charge in [0.25, 0.3) is 5.91 Å². The monoisotopic (exact) mass is 277 g/mol. The SMILES string of the molecule is COc1ccc(C(=O)N(CC(C)C)C2CC2)c(OC)c1. The van der Waals surface area contributed by atoms with Crippen molar-refractivity contribution in [3.05, 3.63) is 23.8 Å². The van der Waals surface area contributed by atoms with Crippen LogP contribution in [0.25, 0.3) is 0 Å². The van der Waals surface area contributed by atoms with Crippen LogP contribution in [0, 0.1) is 5.92 Å². The molecule has 0 bridgehead atoms. The Hall–Kier alpha value is -1.71. The summed E-state index contributed by atoms with van der Waals surface area (Å²) in [7, 11) is 3.18. The predicted octanol–water partition coefficient (Wildman–Crippen LogP) is 2.96. The molecule has 110 valence electrons. The number of nitrogens with zero attached hydrogens (tertiary/aromatic N) is 1. The van der Waals surface area contributed by atoms with Gasteiger partial charge in [0.1, 0.15) is 11.5 Å². The molecule has 4 heteroatoms. The van der Waals surface area contributed by atoms with Gasteiger partial charge in [-0.1, -0.05) is 13.8 Å². The van der Waals surface area contributed by atoms with Gasteiger partial charge < -0.3 is 14.4 Å². The fraction of sp³-hybridized carbons (Fsp3) is 0.562. The number of carbonyl (C=O) groups is 1. The van der Waals surface area contributed by atoms with Crippen molar-refractivity contribution in [2.45, 2.75) is 32.7 Å². The Morgan fingerprint density at radius 1 is 1.30 bits per heavy atom. The third kappa shape index (κ3) is 3.24. The van der Waals surface area contributed by atoms with E-state index in [9.17, 15) is 4.79 Å². The van der Waals surface area contributed by atoms with Gasteiger partial charge in [-0.2, -0.15) is 0 Å². The quantitative estimate of drug-likeness (QED) is 0.802. The molecule has 1 fully saturated rings. The van der Waals surface area contributed by atoms with Gasteiger partial charge in [-0.25, -0.2) is 0 Å². The molecule has 1 aliphatic rings. The van der Waals surface area contributed by atoms with E-state index in [0.717, 1.165) is 19.4 Å². The maximum Gasteiger partial charge on any atom is 0.257 e. The molecular formula is C16H23NO3. The minimum atomic E-state index is 0.0562. The smallest absolute Gasteiger partial charge is 0.257 e. The fourth-order valence-electron chi connectivity index (χ4n) is 2.31. The summed E-state index contributed by atoms with van der Waals surface area (Å²) >= 11 is 0. The van der Waals surface area contributed by atoms with E-state index in [1.807, 2.05) is 4.90 Å². The molecule has 4 nitrogen and oxygen atoms in total. The lowest BCUT2D eigenvalue weighted by Gasteiger charge is -2.25. The molecular weight excluding hydrogens is 254 g/mol. The Kier molecular flexibility index (Phi) is 4.53. The first-order chi connectivity index (χ1) is 9.56. The molecule has 0 saturated heterocycles. The summed E-state index contributed by atoms with van der Waals surface area (Å²) < 4.78 is 10.5. The lowest BCUT2D eigenvalue weighted by molar-refractivity contribution is 0.0719. The molecule has 1 amide bonds. The molecule has 2 rings (SSSR count). The molecule has 0 N–H and O–H groups in total. The molecule has 0 heterocycles. The van der Waals surface area contributed by atoms with Gasteiger partial charge in [0.05, 0.1) is 19.8 Å². The number of hydrogen-bond donors (Lipinski definition) is 0. The van der Waals surface area contributed by atoms with E-state index >= 15 is 0 Å². The highest BCUT2D eigenvalue weighted by molar-refractivity contribution is 5.97. The van der Waals surface area contributed by atoms with Crippen LogP contribution in [0.4, 0.5) is 0 Å². The van der Waals surface area contributed by atoms with Crippen LogP contribution in [0.3, 0.4) is 0 Å². The molecule has 1 saturated carbocycles. The zero-order valence-electron chi connectivity index (χ0n) is 12.7. The van der Waals surface area contributed by atoms with Crippen LogP contribution >= 0.6 is 0 Å². The lowest BCUT2D eigenvalue weighted by Crippen LogP contribution is -2.36. The summed E-state index contributed by atoms with van der Waals surface area (Å²) in [6.45, 7) is 5.06. The Morgan fingerprint density at radius 2 is 2.00 bits per heavy atom. The van der Waals surface area contributed by atoms with E-state index in [1.54, 1.807) is 32.4 Å². The Morgan fingerprint density at radius 3 is 2.50 bits per heavy atom. The number of amides is 1. The largest absolute Gasteiger partial charge is 0.497 e. The molecule has 0 atom stereocenters. The third-order valence-corrected chi connectivity index (χ3v) is 3.45. The maximum atomic E-state index is 12.7. The van der Waals surface area contributed by atoms with Crippen LogP contribution in [0.2, 0.25) is 0 Å². The van der Waals surface area contributed by atoms with Crippen LogP contribution in [0.15, 0.2) is 18.2 Å². The summed E-state index contributed by atoms with van der Waals surface area (Å²) in [5, 5.41) is 0. The number of ether oxygens (including phenoxy) is 2. The minimum Gasteiger partial charge on any atom is -0.497 e. The summed E-state index contributed by atoms with van der Waals surface area (Å²) in [4.78, 5) is 14.7. The van der Waals surface area contributed by atoms with Crippen LogP contribution < -0.4 is 9.47 Å². The summed E-state index contributed by atoms with van der Waals surface area (Å²) in [6.07, 6.45) is 2.22. The van der Waals surface area contributed by atoms with E-state index in [2.05, 4.69) is 13.8 Å². The first-order valence-electron chi connectivity index (χ1n) is 7.09. The van der Waals surface area contributed by atoms with Crippen molar-refractivity contribution in [2.24, 2.45) is 5.92 Å². The Labute approximate surface area is 120 Å².